The molecule has 1 aromatic rings. The average Bonchev–Trinajstić information content (AvgIpc) is 3.76. The number of aliphatic carboxylic acids is 1. The fraction of sp³-hybridized carbons (Fsp3) is 0.776. The Morgan fingerprint density at radius 3 is 2.33 bits per heavy atom. The van der Waals surface area contributed by atoms with Crippen LogP contribution in [0.1, 0.15) is 124 Å². The molecule has 8 rings (SSSR count). The van der Waals surface area contributed by atoms with E-state index in [1.54, 1.807) is 0 Å². The largest absolute Gasteiger partial charge is 0.481 e. The Balaban J connectivity index is 0.996. The van der Waals surface area contributed by atoms with E-state index >= 15 is 0 Å². The summed E-state index contributed by atoms with van der Waals surface area (Å²) in [7, 11) is -0.693. The van der Waals surface area contributed by atoms with E-state index in [4.69, 9.17) is 4.74 Å². The van der Waals surface area contributed by atoms with Crippen LogP contribution in [0.15, 0.2) is 41.5 Å². The lowest BCUT2D eigenvalue weighted by molar-refractivity contribution is -0.221. The van der Waals surface area contributed by atoms with Crippen molar-refractivity contribution in [2.24, 2.45) is 63.7 Å². The van der Waals surface area contributed by atoms with Gasteiger partial charge in [0.05, 0.1) is 0 Å². The van der Waals surface area contributed by atoms with Gasteiger partial charge < -0.3 is 20.1 Å². The molecule has 6 aliphatic carbocycles. The fourth-order valence-electron chi connectivity index (χ4n) is 15.6. The maximum Gasteiger partial charge on any atom is 0.433 e. The van der Waals surface area contributed by atoms with E-state index in [2.05, 4.69) is 81.5 Å². The smallest absolute Gasteiger partial charge is 0.433 e. The molecular weight excluding hydrogens is 798 g/mol. The van der Waals surface area contributed by atoms with Crippen LogP contribution in [0.2, 0.25) is 0 Å². The zero-order chi connectivity index (χ0) is 44.2. The van der Waals surface area contributed by atoms with Gasteiger partial charge >= 0.3 is 12.1 Å². The van der Waals surface area contributed by atoms with Gasteiger partial charge in [-0.3, -0.25) is 13.7 Å². The molecule has 7 aliphatic rings. The van der Waals surface area contributed by atoms with Crippen molar-refractivity contribution in [2.75, 3.05) is 44.3 Å². The number of alkyl halides is 3. The van der Waals surface area contributed by atoms with Crippen LogP contribution in [-0.4, -0.2) is 85.7 Å². The number of ether oxygens (including phenoxy) is 1. The van der Waals surface area contributed by atoms with Crippen molar-refractivity contribution in [3.05, 3.63) is 47.2 Å². The molecule has 0 spiro atoms. The van der Waals surface area contributed by atoms with Gasteiger partial charge in [0.25, 0.3) is 0 Å². The van der Waals surface area contributed by atoms with E-state index in [1.807, 2.05) is 0 Å². The van der Waals surface area contributed by atoms with Crippen molar-refractivity contribution in [1.29, 1.82) is 0 Å². The number of halogens is 3. The lowest BCUT2D eigenvalue weighted by Gasteiger charge is -2.72. The number of carbonyl (C=O) groups is 1. The highest BCUT2D eigenvalue weighted by molar-refractivity contribution is 8.00. The highest BCUT2D eigenvalue weighted by Crippen LogP contribution is 2.76. The first kappa shape index (κ1) is 45.0. The molecule has 12 heteroatoms. The summed E-state index contributed by atoms with van der Waals surface area (Å²) >= 11 is 0. The first-order valence-corrected chi connectivity index (χ1v) is 25.3. The Bertz CT molecular complexity index is 2080. The zero-order valence-electron chi connectivity index (χ0n) is 38.0. The standard InChI is InChI=1S/C49H73F3N4O4S/c1-32(2)34-14-21-48(53-24-25-56-26-28-61(9,59)29-27-56)23-22-45(6)36(41(34)48)10-11-38-44(5)17-15-35(43(3,4)37(44)16-18-46(38,45)7)33-12-19-47(20-13-33,42(57)58)31-60-40-30-39(49(50,51)52)55(8)54-40/h12,15,30,34,36-38,41,53H,1,9-11,13-14,16-29,31H2,2-8H3,(H,57,58)/t34-,36+,37-,38+,41+,44-,45+,46+,47?,48-/m0/s1. The molecule has 5 fully saturated rings. The van der Waals surface area contributed by atoms with Crippen molar-refractivity contribution < 1.29 is 32.0 Å². The molecule has 0 radical (unpaired) electrons. The van der Waals surface area contributed by atoms with E-state index < -0.39 is 32.8 Å². The van der Waals surface area contributed by atoms with E-state index in [1.165, 1.54) is 75.1 Å². The maximum absolute atomic E-state index is 13.4. The quantitative estimate of drug-likeness (QED) is 0.179. The number of hydrogen-bond donors (Lipinski definition) is 2. The molecule has 0 aromatic carbocycles. The van der Waals surface area contributed by atoms with Crippen molar-refractivity contribution in [1.82, 2.24) is 20.0 Å². The second kappa shape index (κ2) is 15.3. The third-order valence-electron chi connectivity index (χ3n) is 19.2. The summed E-state index contributed by atoms with van der Waals surface area (Å²) < 4.78 is 59.2. The number of fused-ring (bicyclic) bond motifs is 7. The first-order chi connectivity index (χ1) is 28.4. The second-order valence-corrected chi connectivity index (χ2v) is 25.1. The summed E-state index contributed by atoms with van der Waals surface area (Å²) in [5.41, 5.74) is 2.38. The number of carboxylic acids is 1. The number of rotatable bonds is 10. The van der Waals surface area contributed by atoms with E-state index in [-0.39, 0.29) is 46.1 Å². The molecule has 2 N–H and O–H groups in total. The molecule has 2 heterocycles. The van der Waals surface area contributed by atoms with Gasteiger partial charge in [-0.15, -0.1) is 5.10 Å². The summed E-state index contributed by atoms with van der Waals surface area (Å²) in [6.45, 7) is 23.2. The Morgan fingerprint density at radius 2 is 1.70 bits per heavy atom. The van der Waals surface area contributed by atoms with Crippen LogP contribution in [0.4, 0.5) is 13.2 Å². The van der Waals surface area contributed by atoms with Crippen LogP contribution in [0.25, 0.3) is 0 Å². The number of aryl methyl sites for hydroxylation is 1. The number of carboxylic acid groups (broad SMARTS) is 1. The third-order valence-corrected chi connectivity index (χ3v) is 21.0. The van der Waals surface area contributed by atoms with Gasteiger partial charge in [-0.25, -0.2) is 0 Å². The monoisotopic (exact) mass is 871 g/mol. The zero-order valence-corrected chi connectivity index (χ0v) is 38.8. The number of allylic oxidation sites excluding steroid dienone is 5. The van der Waals surface area contributed by atoms with Crippen molar-refractivity contribution in [3.8, 4) is 5.88 Å². The average molecular weight is 871 g/mol. The van der Waals surface area contributed by atoms with Crippen LogP contribution in [0.5, 0.6) is 5.88 Å². The second-order valence-electron chi connectivity index (χ2n) is 22.3. The number of aromatic nitrogens is 2. The SMILES string of the molecule is C=C(C)[C@@H]1CC[C@]2(NCCN3CCS(=C)(=O)CC3)CC[C@]3(C)[C@H](CC[C@@H]4[C@@]5(C)CC=C(C6=CCC(COc7cc(C(F)(F)F)n(C)n7)(C(=O)O)CC6)C(C)(C)[C@@H]5CC[C@]43C)[C@@H]12. The lowest BCUT2D eigenvalue weighted by Crippen LogP contribution is -2.68. The maximum atomic E-state index is 13.4. The van der Waals surface area contributed by atoms with Crippen LogP contribution < -0.4 is 10.1 Å². The molecule has 1 saturated heterocycles. The summed E-state index contributed by atoms with van der Waals surface area (Å²) in [5, 5.41) is 18.6. The molecule has 0 bridgehead atoms. The van der Waals surface area contributed by atoms with Crippen molar-refractivity contribution >= 4 is 21.4 Å². The Kier molecular flexibility index (Phi) is 11.3. The molecule has 8 nitrogen and oxygen atoms in total. The summed E-state index contributed by atoms with van der Waals surface area (Å²) in [6.07, 6.45) is 12.1. The van der Waals surface area contributed by atoms with Crippen LogP contribution in [-0.2, 0) is 27.5 Å². The lowest BCUT2D eigenvalue weighted by atomic mass is 9.33. The molecule has 0 amide bonds. The first-order valence-electron chi connectivity index (χ1n) is 23.2. The van der Waals surface area contributed by atoms with Crippen LogP contribution >= 0.6 is 0 Å². The number of nitrogens with zero attached hydrogens (tertiary/aromatic N) is 3. The molecular formula is C49H73F3N4O4S. The van der Waals surface area contributed by atoms with Crippen molar-refractivity contribution in [3.63, 3.8) is 0 Å². The van der Waals surface area contributed by atoms with Gasteiger partial charge in [0, 0.05) is 56.3 Å². The minimum Gasteiger partial charge on any atom is -0.481 e. The molecule has 4 saturated carbocycles. The molecule has 10 atom stereocenters. The predicted octanol–water partition coefficient (Wildman–Crippen LogP) is 9.57. The fourth-order valence-corrected chi connectivity index (χ4v) is 17.0. The molecule has 1 unspecified atom stereocenters. The Labute approximate surface area is 363 Å². The van der Waals surface area contributed by atoms with Crippen molar-refractivity contribution in [2.45, 2.75) is 130 Å². The summed E-state index contributed by atoms with van der Waals surface area (Å²) in [4.78, 5) is 15.2. The van der Waals surface area contributed by atoms with Crippen LogP contribution in [0, 0.1) is 56.7 Å². The Morgan fingerprint density at radius 1 is 0.984 bits per heavy atom. The van der Waals surface area contributed by atoms with E-state index in [9.17, 15) is 27.3 Å². The normalized spacial score (nSPS) is 40.7. The third kappa shape index (κ3) is 7.30. The highest BCUT2D eigenvalue weighted by atomic mass is 32.2. The number of hydrogen-bond acceptors (Lipinski definition) is 6. The predicted molar refractivity (Wildman–Crippen MR) is 238 cm³/mol. The summed E-state index contributed by atoms with van der Waals surface area (Å²) in [6, 6.07) is 0.838. The van der Waals surface area contributed by atoms with Gasteiger partial charge in [0.2, 0.25) is 5.88 Å². The van der Waals surface area contributed by atoms with Crippen LogP contribution in [0.3, 0.4) is 0 Å². The summed E-state index contributed by atoms with van der Waals surface area (Å²) in [5.74, 6) is 7.06. The minimum absolute atomic E-state index is 0.0970. The van der Waals surface area contributed by atoms with Gasteiger partial charge in [0.1, 0.15) is 17.7 Å². The van der Waals surface area contributed by atoms with Gasteiger partial charge in [0.15, 0.2) is 0 Å². The molecule has 1 aliphatic heterocycles. The van der Waals surface area contributed by atoms with Gasteiger partial charge in [-0.2, -0.15) is 13.2 Å². The van der Waals surface area contributed by atoms with E-state index in [0.717, 1.165) is 43.3 Å². The van der Waals surface area contributed by atoms with E-state index in [0.29, 0.717) is 53.9 Å². The number of nitrogens with one attached hydrogen (secondary N) is 1. The molecule has 61 heavy (non-hydrogen) atoms. The molecule has 340 valence electrons. The van der Waals surface area contributed by atoms with Gasteiger partial charge in [-0.05, 0) is 162 Å². The topological polar surface area (TPSA) is 96.7 Å². The molecule has 1 aromatic heterocycles. The Hall–Kier alpha value is -2.57. The highest BCUT2D eigenvalue weighted by Gasteiger charge is 2.70. The minimum atomic E-state index is -4.58. The van der Waals surface area contributed by atoms with Gasteiger partial charge in [-0.1, -0.05) is 58.9 Å².